The Bertz CT molecular complexity index is 1330. The van der Waals surface area contributed by atoms with Gasteiger partial charge in [-0.25, -0.2) is 4.98 Å². The van der Waals surface area contributed by atoms with Crippen molar-refractivity contribution in [1.82, 2.24) is 9.55 Å². The molecule has 0 aliphatic carbocycles. The molecule has 0 bridgehead atoms. The number of aromatic nitrogens is 2. The zero-order valence-electron chi connectivity index (χ0n) is 17.7. The van der Waals surface area contributed by atoms with E-state index in [-0.39, 0.29) is 31.0 Å². The summed E-state index contributed by atoms with van der Waals surface area (Å²) in [6.45, 7) is 3.33. The number of rotatable bonds is 4. The van der Waals surface area contributed by atoms with Crippen molar-refractivity contribution in [3.8, 4) is 11.8 Å². The van der Waals surface area contributed by atoms with E-state index in [2.05, 4.69) is 22.0 Å². The SMILES string of the molecule is CC(C)(Sc1nc2cc(Br)ccc2n1-c1ccc(C#N)c2ccccc12)C(=O)O.[H-].[Na+]. The maximum Gasteiger partial charge on any atom is 1.00 e. The number of carboxylic acid groups (broad SMARTS) is 1. The average molecular weight is 490 g/mol. The molecule has 1 N–H and O–H groups in total. The van der Waals surface area contributed by atoms with Gasteiger partial charge in [0.1, 0.15) is 4.75 Å². The molecule has 0 saturated heterocycles. The van der Waals surface area contributed by atoms with E-state index in [4.69, 9.17) is 4.98 Å². The molecule has 0 unspecified atom stereocenters. The first-order chi connectivity index (χ1) is 13.8. The van der Waals surface area contributed by atoms with Crippen LogP contribution in [0.1, 0.15) is 20.8 Å². The summed E-state index contributed by atoms with van der Waals surface area (Å²) in [5.74, 6) is -0.910. The van der Waals surface area contributed by atoms with Gasteiger partial charge in [0, 0.05) is 15.2 Å². The molecule has 0 aliphatic heterocycles. The molecule has 5 nitrogen and oxygen atoms in total. The van der Waals surface area contributed by atoms with E-state index >= 15 is 0 Å². The predicted molar refractivity (Wildman–Crippen MR) is 120 cm³/mol. The van der Waals surface area contributed by atoms with Crippen molar-refractivity contribution < 1.29 is 40.9 Å². The average Bonchev–Trinajstić information content (AvgIpc) is 3.02. The summed E-state index contributed by atoms with van der Waals surface area (Å²) in [6, 6.07) is 19.4. The minimum Gasteiger partial charge on any atom is -1.00 e. The van der Waals surface area contributed by atoms with Gasteiger partial charge in [0.05, 0.1) is 28.4 Å². The van der Waals surface area contributed by atoms with Gasteiger partial charge >= 0.3 is 35.5 Å². The Hall–Kier alpha value is -1.82. The number of hydrogen-bond acceptors (Lipinski definition) is 4. The third-order valence-electron chi connectivity index (χ3n) is 4.71. The first-order valence-electron chi connectivity index (χ1n) is 8.84. The van der Waals surface area contributed by atoms with Crippen molar-refractivity contribution >= 4 is 55.5 Å². The first kappa shape index (κ1) is 22.9. The minimum atomic E-state index is -1.06. The number of nitrogens with zero attached hydrogens (tertiary/aromatic N) is 3. The Kier molecular flexibility index (Phi) is 6.66. The Balaban J connectivity index is 0.00000171. The van der Waals surface area contributed by atoms with Crippen molar-refractivity contribution in [3.63, 3.8) is 0 Å². The molecule has 0 saturated carbocycles. The Morgan fingerprint density at radius 1 is 1.20 bits per heavy atom. The zero-order valence-corrected chi connectivity index (χ0v) is 21.1. The van der Waals surface area contributed by atoms with Gasteiger partial charge in [-0.15, -0.1) is 0 Å². The Morgan fingerprint density at radius 2 is 1.90 bits per heavy atom. The van der Waals surface area contributed by atoms with Crippen LogP contribution in [0.3, 0.4) is 0 Å². The summed E-state index contributed by atoms with van der Waals surface area (Å²) in [5, 5.41) is 21.4. The van der Waals surface area contributed by atoms with Crippen molar-refractivity contribution in [2.75, 3.05) is 0 Å². The number of carboxylic acids is 1. The third kappa shape index (κ3) is 4.03. The fourth-order valence-electron chi connectivity index (χ4n) is 3.18. The molecule has 1 aromatic heterocycles. The van der Waals surface area contributed by atoms with Crippen LogP contribution < -0.4 is 29.6 Å². The van der Waals surface area contributed by atoms with Gasteiger partial charge in [0.2, 0.25) is 0 Å². The fourth-order valence-corrected chi connectivity index (χ4v) is 4.50. The van der Waals surface area contributed by atoms with E-state index in [0.717, 1.165) is 32.0 Å². The van der Waals surface area contributed by atoms with Crippen LogP contribution in [-0.2, 0) is 4.79 Å². The predicted octanol–water partition coefficient (Wildman–Crippen LogP) is 2.88. The summed E-state index contributed by atoms with van der Waals surface area (Å²) >= 11 is 4.68. The van der Waals surface area contributed by atoms with Gasteiger partial charge in [-0.3, -0.25) is 9.36 Å². The Labute approximate surface area is 210 Å². The summed E-state index contributed by atoms with van der Waals surface area (Å²) in [5.41, 5.74) is 3.08. The molecule has 3 aromatic carbocycles. The third-order valence-corrected chi connectivity index (χ3v) is 6.34. The first-order valence-corrected chi connectivity index (χ1v) is 10.5. The largest absolute Gasteiger partial charge is 1.00 e. The second kappa shape index (κ2) is 8.74. The monoisotopic (exact) mass is 489 g/mol. The molecule has 0 spiro atoms. The van der Waals surface area contributed by atoms with Crippen LogP contribution in [0.5, 0.6) is 0 Å². The number of fused-ring (bicyclic) bond motifs is 2. The molecule has 8 heteroatoms. The van der Waals surface area contributed by atoms with E-state index in [1.807, 2.05) is 53.1 Å². The van der Waals surface area contributed by atoms with Crippen molar-refractivity contribution in [3.05, 3.63) is 64.6 Å². The van der Waals surface area contributed by atoms with E-state index < -0.39 is 10.7 Å². The standard InChI is InChI=1S/C22H16BrN3O2S.Na.H/c1-22(2,20(27)28)29-21-25-17-11-14(23)8-10-19(17)26(21)18-9-7-13(12-24)15-5-3-4-6-16(15)18;;/h3-11H,1-2H3,(H,27,28);;/q;+1;-1. The smallest absolute Gasteiger partial charge is 1.00 e. The van der Waals surface area contributed by atoms with Gasteiger partial charge in [-0.05, 0) is 44.2 Å². The number of benzene rings is 3. The van der Waals surface area contributed by atoms with Crippen LogP contribution in [0.2, 0.25) is 0 Å². The molecule has 0 fully saturated rings. The molecule has 1 heterocycles. The number of halogens is 1. The maximum atomic E-state index is 11.7. The fraction of sp³-hybridized carbons (Fsp3) is 0.136. The van der Waals surface area contributed by atoms with Crippen LogP contribution in [0.15, 0.2) is 64.2 Å². The molecule has 0 radical (unpaired) electrons. The number of imidazole rings is 1. The maximum absolute atomic E-state index is 11.7. The van der Waals surface area contributed by atoms with Gasteiger partial charge in [-0.2, -0.15) is 5.26 Å². The molecule has 0 aliphatic rings. The molecule has 4 rings (SSSR count). The van der Waals surface area contributed by atoms with Crippen LogP contribution in [0, 0.1) is 11.3 Å². The van der Waals surface area contributed by atoms with E-state index in [1.165, 1.54) is 11.8 Å². The van der Waals surface area contributed by atoms with Crippen molar-refractivity contribution in [1.29, 1.82) is 5.26 Å². The number of aliphatic carboxylic acids is 1. The second-order valence-corrected chi connectivity index (χ2v) is 9.58. The molecular weight excluding hydrogens is 473 g/mol. The normalized spacial score (nSPS) is 11.3. The number of nitriles is 1. The number of hydrogen-bond donors (Lipinski definition) is 1. The summed E-state index contributed by atoms with van der Waals surface area (Å²) in [4.78, 5) is 16.5. The van der Waals surface area contributed by atoms with E-state index in [9.17, 15) is 15.2 Å². The number of thioether (sulfide) groups is 1. The zero-order chi connectivity index (χ0) is 20.8. The molecule has 4 aromatic rings. The molecule has 0 atom stereocenters. The summed E-state index contributed by atoms with van der Waals surface area (Å²) < 4.78 is 1.81. The minimum absolute atomic E-state index is 0. The van der Waals surface area contributed by atoms with Crippen LogP contribution in [0.25, 0.3) is 27.5 Å². The van der Waals surface area contributed by atoms with Crippen LogP contribution >= 0.6 is 27.7 Å². The van der Waals surface area contributed by atoms with Gasteiger partial charge < -0.3 is 6.53 Å². The summed E-state index contributed by atoms with van der Waals surface area (Å²) in [7, 11) is 0. The molecular formula is C22H17BrN3NaO2S. The van der Waals surface area contributed by atoms with Gasteiger partial charge in [0.15, 0.2) is 5.16 Å². The van der Waals surface area contributed by atoms with Gasteiger partial charge in [-0.1, -0.05) is 52.0 Å². The number of carbonyl (C=O) groups is 1. The van der Waals surface area contributed by atoms with Crippen LogP contribution in [0.4, 0.5) is 0 Å². The van der Waals surface area contributed by atoms with Crippen molar-refractivity contribution in [2.45, 2.75) is 23.8 Å². The quantitative estimate of drug-likeness (QED) is 0.352. The summed E-state index contributed by atoms with van der Waals surface area (Å²) in [6.07, 6.45) is 0. The van der Waals surface area contributed by atoms with Gasteiger partial charge in [0.25, 0.3) is 0 Å². The molecule has 0 amide bonds. The second-order valence-electron chi connectivity index (χ2n) is 7.07. The molecule has 146 valence electrons. The van der Waals surface area contributed by atoms with Crippen LogP contribution in [-0.4, -0.2) is 25.4 Å². The topological polar surface area (TPSA) is 78.9 Å². The Morgan fingerprint density at radius 3 is 2.57 bits per heavy atom. The van der Waals surface area contributed by atoms with E-state index in [0.29, 0.717) is 10.7 Å². The van der Waals surface area contributed by atoms with E-state index in [1.54, 1.807) is 19.9 Å². The van der Waals surface area contributed by atoms with Crippen molar-refractivity contribution in [2.24, 2.45) is 0 Å². The molecule has 30 heavy (non-hydrogen) atoms.